The number of hydrogen-bond donors (Lipinski definition) is 1. The smallest absolute Gasteiger partial charge is 0.323 e. The fourth-order valence-electron chi connectivity index (χ4n) is 2.27. The van der Waals surface area contributed by atoms with Crippen molar-refractivity contribution in [2.75, 3.05) is 6.54 Å². The van der Waals surface area contributed by atoms with Gasteiger partial charge in [0.1, 0.15) is 5.54 Å². The summed E-state index contributed by atoms with van der Waals surface area (Å²) in [6.07, 6.45) is 3.41. The Morgan fingerprint density at radius 2 is 2.44 bits per heavy atom. The number of aryl methyl sites for hydroxylation is 1. The van der Waals surface area contributed by atoms with Crippen LogP contribution in [0.5, 0.6) is 0 Å². The lowest BCUT2D eigenvalue weighted by molar-refractivity contribution is -0.149. The van der Waals surface area contributed by atoms with E-state index in [1.54, 1.807) is 17.8 Å². The second-order valence-electron chi connectivity index (χ2n) is 4.55. The maximum Gasteiger partial charge on any atom is 0.323 e. The molecule has 5 heteroatoms. The van der Waals surface area contributed by atoms with Crippen molar-refractivity contribution in [1.29, 1.82) is 0 Å². The lowest BCUT2D eigenvalue weighted by Crippen LogP contribution is -2.47. The van der Waals surface area contributed by atoms with Gasteiger partial charge in [0.2, 0.25) is 0 Å². The average Bonchev–Trinajstić information content (AvgIpc) is 2.77. The predicted molar refractivity (Wildman–Crippen MR) is 58.9 cm³/mol. The monoisotopic (exact) mass is 223 g/mol. The van der Waals surface area contributed by atoms with Crippen LogP contribution >= 0.6 is 0 Å². The van der Waals surface area contributed by atoms with E-state index >= 15 is 0 Å². The van der Waals surface area contributed by atoms with Gasteiger partial charge in [-0.1, -0.05) is 0 Å². The molecule has 1 unspecified atom stereocenters. The second kappa shape index (κ2) is 3.90. The lowest BCUT2D eigenvalue weighted by atomic mass is 9.99. The molecule has 2 heterocycles. The van der Waals surface area contributed by atoms with E-state index in [0.29, 0.717) is 6.54 Å². The molecule has 1 aliphatic rings. The van der Waals surface area contributed by atoms with E-state index in [2.05, 4.69) is 5.10 Å². The molecule has 1 atom stereocenters. The molecule has 0 spiro atoms. The van der Waals surface area contributed by atoms with Gasteiger partial charge in [-0.2, -0.15) is 5.10 Å². The first kappa shape index (κ1) is 11.1. The lowest BCUT2D eigenvalue weighted by Gasteiger charge is -2.30. The van der Waals surface area contributed by atoms with Crippen LogP contribution in [0.2, 0.25) is 0 Å². The number of nitrogens with zero attached hydrogens (tertiary/aromatic N) is 3. The summed E-state index contributed by atoms with van der Waals surface area (Å²) in [7, 11) is 1.88. The van der Waals surface area contributed by atoms with Crippen molar-refractivity contribution in [3.63, 3.8) is 0 Å². The molecule has 0 bridgehead atoms. The van der Waals surface area contributed by atoms with Crippen molar-refractivity contribution in [3.8, 4) is 0 Å². The van der Waals surface area contributed by atoms with E-state index in [9.17, 15) is 9.90 Å². The average molecular weight is 223 g/mol. The summed E-state index contributed by atoms with van der Waals surface area (Å²) in [5.41, 5.74) is 0.332. The highest BCUT2D eigenvalue weighted by Gasteiger charge is 2.43. The Morgan fingerprint density at radius 3 is 3.00 bits per heavy atom. The topological polar surface area (TPSA) is 58.4 Å². The molecular weight excluding hydrogens is 206 g/mol. The minimum Gasteiger partial charge on any atom is -0.480 e. The highest BCUT2D eigenvalue weighted by Crippen LogP contribution is 2.30. The molecule has 1 N–H and O–H groups in total. The molecule has 1 saturated heterocycles. The summed E-state index contributed by atoms with van der Waals surface area (Å²) >= 11 is 0. The Labute approximate surface area is 94.7 Å². The molecule has 0 amide bonds. The molecular formula is C11H17N3O2. The Hall–Kier alpha value is -1.36. The summed E-state index contributed by atoms with van der Waals surface area (Å²) < 4.78 is 1.79. The normalized spacial score (nSPS) is 26.1. The highest BCUT2D eigenvalue weighted by molar-refractivity contribution is 5.78. The molecule has 16 heavy (non-hydrogen) atoms. The van der Waals surface area contributed by atoms with E-state index in [0.717, 1.165) is 25.1 Å². The zero-order chi connectivity index (χ0) is 11.8. The van der Waals surface area contributed by atoms with Crippen LogP contribution in [0.25, 0.3) is 0 Å². The van der Waals surface area contributed by atoms with E-state index in [1.807, 2.05) is 18.0 Å². The van der Waals surface area contributed by atoms with Crippen molar-refractivity contribution in [2.45, 2.75) is 31.8 Å². The first-order valence-corrected chi connectivity index (χ1v) is 5.49. The molecule has 0 radical (unpaired) electrons. The third kappa shape index (κ3) is 1.71. The van der Waals surface area contributed by atoms with Crippen LogP contribution < -0.4 is 0 Å². The fourth-order valence-corrected chi connectivity index (χ4v) is 2.27. The third-order valence-corrected chi connectivity index (χ3v) is 3.53. The van der Waals surface area contributed by atoms with Crippen molar-refractivity contribution in [3.05, 3.63) is 18.0 Å². The molecule has 0 aliphatic carbocycles. The molecule has 0 saturated carbocycles. The number of likely N-dealkylation sites (tertiary alicyclic amines) is 1. The number of carboxylic acid groups (broad SMARTS) is 1. The van der Waals surface area contributed by atoms with Gasteiger partial charge in [0.15, 0.2) is 0 Å². The zero-order valence-corrected chi connectivity index (χ0v) is 9.68. The first-order chi connectivity index (χ1) is 7.54. The number of carbonyl (C=O) groups is 1. The van der Waals surface area contributed by atoms with Gasteiger partial charge in [-0.25, -0.2) is 0 Å². The molecule has 1 aliphatic heterocycles. The summed E-state index contributed by atoms with van der Waals surface area (Å²) in [6.45, 7) is 3.30. The largest absolute Gasteiger partial charge is 0.480 e. The number of aromatic nitrogens is 2. The number of carboxylic acids is 1. The van der Waals surface area contributed by atoms with Gasteiger partial charge >= 0.3 is 5.97 Å². The summed E-state index contributed by atoms with van der Waals surface area (Å²) in [6, 6.07) is 1.93. The Morgan fingerprint density at radius 1 is 1.69 bits per heavy atom. The van der Waals surface area contributed by atoms with Crippen LogP contribution in [0, 0.1) is 0 Å². The van der Waals surface area contributed by atoms with Gasteiger partial charge in [0.05, 0.1) is 5.69 Å². The molecule has 88 valence electrons. The Kier molecular flexibility index (Phi) is 2.71. The number of hydrogen-bond acceptors (Lipinski definition) is 3. The van der Waals surface area contributed by atoms with Crippen LogP contribution in [0.3, 0.4) is 0 Å². The summed E-state index contributed by atoms with van der Waals surface area (Å²) in [5, 5.41) is 13.4. The Bertz CT molecular complexity index is 402. The van der Waals surface area contributed by atoms with Crippen molar-refractivity contribution >= 4 is 5.97 Å². The van der Waals surface area contributed by atoms with E-state index < -0.39 is 11.5 Å². The molecule has 1 fully saturated rings. The van der Waals surface area contributed by atoms with Gasteiger partial charge in [-0.05, 0) is 32.4 Å². The number of aliphatic carboxylic acids is 1. The minimum absolute atomic E-state index is 0.652. The van der Waals surface area contributed by atoms with Crippen LogP contribution in [0.4, 0.5) is 0 Å². The van der Waals surface area contributed by atoms with Crippen LogP contribution in [0.15, 0.2) is 12.3 Å². The van der Waals surface area contributed by atoms with Crippen molar-refractivity contribution in [1.82, 2.24) is 14.7 Å². The molecule has 0 aromatic carbocycles. The van der Waals surface area contributed by atoms with Crippen LogP contribution in [-0.4, -0.2) is 37.8 Å². The summed E-state index contributed by atoms with van der Waals surface area (Å²) in [5.74, 6) is -0.729. The standard InChI is InChI=1S/C11H17N3O2/c1-11(10(15)16)5-3-7-14(11)8-9-4-6-12-13(9)2/h4,6H,3,5,7-8H2,1-2H3,(H,15,16). The number of rotatable bonds is 3. The van der Waals surface area contributed by atoms with Crippen LogP contribution in [0.1, 0.15) is 25.5 Å². The fraction of sp³-hybridized carbons (Fsp3) is 0.636. The molecule has 1 aromatic heterocycles. The maximum atomic E-state index is 11.3. The van der Waals surface area contributed by atoms with Gasteiger partial charge in [-0.15, -0.1) is 0 Å². The third-order valence-electron chi connectivity index (χ3n) is 3.53. The minimum atomic E-state index is -0.729. The molecule has 2 rings (SSSR count). The SMILES string of the molecule is Cn1nccc1CN1CCCC1(C)C(=O)O. The van der Waals surface area contributed by atoms with E-state index in [4.69, 9.17) is 0 Å². The van der Waals surface area contributed by atoms with Gasteiger partial charge in [-0.3, -0.25) is 14.4 Å². The van der Waals surface area contributed by atoms with Crippen molar-refractivity contribution in [2.24, 2.45) is 7.05 Å². The second-order valence-corrected chi connectivity index (χ2v) is 4.55. The zero-order valence-electron chi connectivity index (χ0n) is 9.68. The first-order valence-electron chi connectivity index (χ1n) is 5.49. The maximum absolute atomic E-state index is 11.3. The Balaban J connectivity index is 2.16. The van der Waals surface area contributed by atoms with Gasteiger partial charge in [0, 0.05) is 19.8 Å². The van der Waals surface area contributed by atoms with Gasteiger partial charge in [0.25, 0.3) is 0 Å². The molecule has 1 aromatic rings. The predicted octanol–water partition coefficient (Wildman–Crippen LogP) is 0.859. The van der Waals surface area contributed by atoms with E-state index in [-0.39, 0.29) is 0 Å². The van der Waals surface area contributed by atoms with Crippen LogP contribution in [-0.2, 0) is 18.4 Å². The quantitative estimate of drug-likeness (QED) is 0.825. The highest BCUT2D eigenvalue weighted by atomic mass is 16.4. The molecule has 5 nitrogen and oxygen atoms in total. The van der Waals surface area contributed by atoms with E-state index in [1.165, 1.54) is 0 Å². The summed E-state index contributed by atoms with van der Waals surface area (Å²) in [4.78, 5) is 13.3. The van der Waals surface area contributed by atoms with Crippen molar-refractivity contribution < 1.29 is 9.90 Å². The van der Waals surface area contributed by atoms with Gasteiger partial charge < -0.3 is 5.11 Å².